The van der Waals surface area contributed by atoms with E-state index < -0.39 is 11.7 Å². The van der Waals surface area contributed by atoms with Crippen molar-refractivity contribution in [3.8, 4) is 0 Å². The predicted molar refractivity (Wildman–Crippen MR) is 75.7 cm³/mol. The molecule has 0 aliphatic carbocycles. The summed E-state index contributed by atoms with van der Waals surface area (Å²) in [6, 6.07) is 0. The molecule has 0 aromatic heterocycles. The van der Waals surface area contributed by atoms with Crippen LogP contribution in [0, 0.1) is 5.92 Å². The highest BCUT2D eigenvalue weighted by Crippen LogP contribution is 2.20. The minimum absolute atomic E-state index is 0.129. The summed E-state index contributed by atoms with van der Waals surface area (Å²) in [6.45, 7) is 11.2. The van der Waals surface area contributed by atoms with Crippen molar-refractivity contribution in [1.82, 2.24) is 0 Å². The van der Waals surface area contributed by atoms with Crippen LogP contribution in [0.3, 0.4) is 0 Å². The average Bonchev–Trinajstić information content (AvgIpc) is 2.31. The second-order valence-electron chi connectivity index (χ2n) is 5.65. The van der Waals surface area contributed by atoms with Gasteiger partial charge in [0, 0.05) is 0 Å². The Hall–Kier alpha value is -0.870. The normalized spacial score (nSPS) is 14.8. The minimum atomic E-state index is -1.08. The van der Waals surface area contributed by atoms with Gasteiger partial charge in [0.2, 0.25) is 0 Å². The van der Waals surface area contributed by atoms with Crippen LogP contribution < -0.4 is 0 Å². The summed E-state index contributed by atoms with van der Waals surface area (Å²) in [7, 11) is 0. The molecule has 19 heavy (non-hydrogen) atoms. The maximum Gasteiger partial charge on any atom is 0.308 e. The molecule has 0 spiro atoms. The number of aliphatic hydroxyl groups excluding tert-OH is 1. The standard InChI is InChI=1S/C15H28O4/c1-6-19-14(17)12(3)9-7-11(2)8-10-13(16)15(4,5)18/h12-13,16,18H,2,6-10H2,1,3-5H3. The number of allylic oxidation sites excluding steroid dienone is 1. The number of esters is 1. The fourth-order valence-corrected chi connectivity index (χ4v) is 1.64. The molecule has 0 rings (SSSR count). The molecule has 0 saturated carbocycles. The van der Waals surface area contributed by atoms with Crippen molar-refractivity contribution in [2.45, 2.75) is 65.1 Å². The maximum absolute atomic E-state index is 11.4. The van der Waals surface area contributed by atoms with E-state index in [4.69, 9.17) is 4.74 Å². The molecule has 4 nitrogen and oxygen atoms in total. The Kier molecular flexibility index (Phi) is 7.95. The molecular formula is C15H28O4. The number of ether oxygens (including phenoxy) is 1. The lowest BCUT2D eigenvalue weighted by molar-refractivity contribution is -0.147. The number of carbonyl (C=O) groups excluding carboxylic acids is 1. The van der Waals surface area contributed by atoms with Crippen LogP contribution in [0.25, 0.3) is 0 Å². The highest BCUT2D eigenvalue weighted by atomic mass is 16.5. The highest BCUT2D eigenvalue weighted by Gasteiger charge is 2.24. The third kappa shape index (κ3) is 8.01. The second kappa shape index (κ2) is 8.33. The summed E-state index contributed by atoms with van der Waals surface area (Å²) in [6.07, 6.45) is 1.82. The molecule has 112 valence electrons. The minimum Gasteiger partial charge on any atom is -0.466 e. The molecule has 0 aromatic carbocycles. The molecule has 0 amide bonds. The number of rotatable bonds is 9. The molecular weight excluding hydrogens is 244 g/mol. The van der Waals surface area contributed by atoms with Crippen LogP contribution in [0.5, 0.6) is 0 Å². The summed E-state index contributed by atoms with van der Waals surface area (Å²) < 4.78 is 4.94. The Bertz CT molecular complexity index is 291. The van der Waals surface area contributed by atoms with Crippen molar-refractivity contribution >= 4 is 5.97 Å². The number of hydrogen-bond acceptors (Lipinski definition) is 4. The van der Waals surface area contributed by atoms with Crippen molar-refractivity contribution in [2.75, 3.05) is 6.61 Å². The molecule has 0 aliphatic rings. The van der Waals surface area contributed by atoms with Gasteiger partial charge in [-0.15, -0.1) is 0 Å². The van der Waals surface area contributed by atoms with Crippen molar-refractivity contribution in [1.29, 1.82) is 0 Å². The fraction of sp³-hybridized carbons (Fsp3) is 0.800. The van der Waals surface area contributed by atoms with Crippen LogP contribution in [-0.2, 0) is 9.53 Å². The van der Waals surface area contributed by atoms with E-state index in [1.165, 1.54) is 0 Å². The summed E-state index contributed by atoms with van der Waals surface area (Å²) in [5.74, 6) is -0.303. The molecule has 0 bridgehead atoms. The van der Waals surface area contributed by atoms with E-state index in [9.17, 15) is 15.0 Å². The molecule has 0 heterocycles. The number of carbonyl (C=O) groups is 1. The lowest BCUT2D eigenvalue weighted by Crippen LogP contribution is -2.35. The molecule has 4 heteroatoms. The Morgan fingerprint density at radius 1 is 1.32 bits per heavy atom. The Balaban J connectivity index is 3.91. The van der Waals surface area contributed by atoms with Gasteiger partial charge >= 0.3 is 5.97 Å². The maximum atomic E-state index is 11.4. The smallest absolute Gasteiger partial charge is 0.308 e. The molecule has 0 aliphatic heterocycles. The van der Waals surface area contributed by atoms with Gasteiger partial charge in [-0.2, -0.15) is 0 Å². The van der Waals surface area contributed by atoms with E-state index >= 15 is 0 Å². The molecule has 0 fully saturated rings. The van der Waals surface area contributed by atoms with Gasteiger partial charge in [0.25, 0.3) is 0 Å². The van der Waals surface area contributed by atoms with Crippen LogP contribution in [0.1, 0.15) is 53.4 Å². The van der Waals surface area contributed by atoms with E-state index in [0.29, 0.717) is 25.9 Å². The zero-order chi connectivity index (χ0) is 15.1. The van der Waals surface area contributed by atoms with Crippen LogP contribution in [0.2, 0.25) is 0 Å². The lowest BCUT2D eigenvalue weighted by atomic mass is 9.93. The first kappa shape index (κ1) is 18.1. The van der Waals surface area contributed by atoms with Gasteiger partial charge in [-0.05, 0) is 46.5 Å². The third-order valence-electron chi connectivity index (χ3n) is 3.21. The van der Waals surface area contributed by atoms with Crippen LogP contribution in [0.4, 0.5) is 0 Å². The van der Waals surface area contributed by atoms with Gasteiger partial charge in [0.15, 0.2) is 0 Å². The van der Waals surface area contributed by atoms with Gasteiger partial charge < -0.3 is 14.9 Å². The predicted octanol–water partition coefficient (Wildman–Crippen LogP) is 2.43. The summed E-state index contributed by atoms with van der Waals surface area (Å²) in [5, 5.41) is 19.3. The van der Waals surface area contributed by atoms with Crippen LogP contribution in [0.15, 0.2) is 12.2 Å². The van der Waals surface area contributed by atoms with Gasteiger partial charge in [0.1, 0.15) is 0 Å². The van der Waals surface area contributed by atoms with E-state index in [-0.39, 0.29) is 11.9 Å². The molecule has 0 radical (unpaired) electrons. The van der Waals surface area contributed by atoms with Crippen LogP contribution in [-0.4, -0.2) is 34.5 Å². The van der Waals surface area contributed by atoms with Crippen LogP contribution >= 0.6 is 0 Å². The van der Waals surface area contributed by atoms with E-state index in [0.717, 1.165) is 12.0 Å². The van der Waals surface area contributed by atoms with Crippen molar-refractivity contribution in [3.63, 3.8) is 0 Å². The second-order valence-corrected chi connectivity index (χ2v) is 5.65. The third-order valence-corrected chi connectivity index (χ3v) is 3.21. The summed E-state index contributed by atoms with van der Waals surface area (Å²) >= 11 is 0. The van der Waals surface area contributed by atoms with Gasteiger partial charge in [0.05, 0.1) is 24.2 Å². The Labute approximate surface area is 116 Å². The zero-order valence-corrected chi connectivity index (χ0v) is 12.6. The summed E-state index contributed by atoms with van der Waals surface area (Å²) in [4.78, 5) is 11.4. The Morgan fingerprint density at radius 2 is 1.84 bits per heavy atom. The fourth-order valence-electron chi connectivity index (χ4n) is 1.64. The first-order valence-corrected chi connectivity index (χ1v) is 6.92. The molecule has 2 N–H and O–H groups in total. The largest absolute Gasteiger partial charge is 0.466 e. The SMILES string of the molecule is C=C(CCC(C)C(=O)OCC)CCC(O)C(C)(C)O. The van der Waals surface area contributed by atoms with Gasteiger partial charge in [-0.3, -0.25) is 4.79 Å². The molecule has 2 unspecified atom stereocenters. The van der Waals surface area contributed by atoms with Crippen molar-refractivity contribution in [2.24, 2.45) is 5.92 Å². The topological polar surface area (TPSA) is 66.8 Å². The average molecular weight is 272 g/mol. The highest BCUT2D eigenvalue weighted by molar-refractivity contribution is 5.71. The molecule has 0 saturated heterocycles. The zero-order valence-electron chi connectivity index (χ0n) is 12.6. The molecule has 2 atom stereocenters. The van der Waals surface area contributed by atoms with Crippen molar-refractivity contribution in [3.05, 3.63) is 12.2 Å². The van der Waals surface area contributed by atoms with Gasteiger partial charge in [-0.25, -0.2) is 0 Å². The van der Waals surface area contributed by atoms with E-state index in [1.807, 2.05) is 6.92 Å². The number of aliphatic hydroxyl groups is 2. The number of hydrogen-bond donors (Lipinski definition) is 2. The first-order chi connectivity index (χ1) is 8.68. The lowest BCUT2D eigenvalue weighted by Gasteiger charge is -2.24. The Morgan fingerprint density at radius 3 is 2.32 bits per heavy atom. The van der Waals surface area contributed by atoms with E-state index in [2.05, 4.69) is 6.58 Å². The quantitative estimate of drug-likeness (QED) is 0.500. The monoisotopic (exact) mass is 272 g/mol. The first-order valence-electron chi connectivity index (χ1n) is 6.92. The van der Waals surface area contributed by atoms with E-state index in [1.54, 1.807) is 20.8 Å². The van der Waals surface area contributed by atoms with Gasteiger partial charge in [-0.1, -0.05) is 19.1 Å². The molecule has 0 aromatic rings. The van der Waals surface area contributed by atoms with Crippen molar-refractivity contribution < 1.29 is 19.7 Å². The summed E-state index contributed by atoms with van der Waals surface area (Å²) in [5.41, 5.74) is -0.0992.